The summed E-state index contributed by atoms with van der Waals surface area (Å²) in [5, 5.41) is 8.89. The van der Waals surface area contributed by atoms with E-state index >= 15 is 0 Å². The maximum atomic E-state index is 12.7. The van der Waals surface area contributed by atoms with Gasteiger partial charge in [0.1, 0.15) is 0 Å². The smallest absolute Gasteiger partial charge is 0.253 e. The number of carbonyl (C=O) groups excluding carboxylic acids is 1. The average molecular weight is 354 g/mol. The molecule has 5 nitrogen and oxygen atoms in total. The van der Waals surface area contributed by atoms with Crippen LogP contribution < -0.4 is 0 Å². The van der Waals surface area contributed by atoms with E-state index in [0.717, 1.165) is 19.6 Å². The molecule has 2 saturated heterocycles. The topological polar surface area (TPSA) is 50.6 Å². The molecule has 0 aliphatic carbocycles. The van der Waals surface area contributed by atoms with Crippen LogP contribution in [0.15, 0.2) is 24.3 Å². The van der Waals surface area contributed by atoms with Crippen molar-refractivity contribution < 1.29 is 4.79 Å². The lowest BCUT2D eigenvalue weighted by atomic mass is 9.96. The molecule has 2 heterocycles. The summed E-state index contributed by atoms with van der Waals surface area (Å²) in [4.78, 5) is 19.7. The number of nitriles is 1. The predicted octanol–water partition coefficient (Wildman–Crippen LogP) is 2.43. The van der Waals surface area contributed by atoms with Gasteiger partial charge in [-0.25, -0.2) is 0 Å². The summed E-state index contributed by atoms with van der Waals surface area (Å²) < 4.78 is 0. The standard InChI is InChI=1S/C21H30N4O/c1-16(2)13-25(19-8-10-23(3)11-9-19)20-14-24(15-20)21(26)18-6-4-17(12-22)5-7-18/h4-7,16,19-20H,8-11,13-15H2,1-3H3. The molecule has 0 saturated carbocycles. The Labute approximate surface area is 157 Å². The number of rotatable bonds is 5. The van der Waals surface area contributed by atoms with Crippen LogP contribution in [0.3, 0.4) is 0 Å². The van der Waals surface area contributed by atoms with Gasteiger partial charge in [-0.2, -0.15) is 5.26 Å². The Morgan fingerprint density at radius 2 is 1.81 bits per heavy atom. The zero-order chi connectivity index (χ0) is 18.7. The molecule has 0 unspecified atom stereocenters. The van der Waals surface area contributed by atoms with Crippen molar-refractivity contribution in [3.8, 4) is 6.07 Å². The second kappa shape index (κ2) is 8.20. The minimum atomic E-state index is 0.0821. The molecule has 1 aromatic carbocycles. The monoisotopic (exact) mass is 354 g/mol. The van der Waals surface area contributed by atoms with E-state index < -0.39 is 0 Å². The van der Waals surface area contributed by atoms with Gasteiger partial charge in [-0.15, -0.1) is 0 Å². The van der Waals surface area contributed by atoms with Crippen LogP contribution in [0.1, 0.15) is 42.6 Å². The number of benzene rings is 1. The number of amides is 1. The van der Waals surface area contributed by atoms with Crippen molar-refractivity contribution in [1.82, 2.24) is 14.7 Å². The van der Waals surface area contributed by atoms with Gasteiger partial charge in [0.05, 0.1) is 11.6 Å². The number of nitrogens with zero attached hydrogens (tertiary/aromatic N) is 4. The average Bonchev–Trinajstić information content (AvgIpc) is 2.60. The zero-order valence-corrected chi connectivity index (χ0v) is 16.2. The molecule has 3 rings (SSSR count). The Kier molecular flexibility index (Phi) is 5.95. The van der Waals surface area contributed by atoms with Crippen molar-refractivity contribution in [3.63, 3.8) is 0 Å². The van der Waals surface area contributed by atoms with Crippen molar-refractivity contribution in [1.29, 1.82) is 5.26 Å². The van der Waals surface area contributed by atoms with Crippen LogP contribution in [0.2, 0.25) is 0 Å². The third-order valence-electron chi connectivity index (χ3n) is 5.61. The van der Waals surface area contributed by atoms with Crippen LogP contribution in [0, 0.1) is 17.2 Å². The molecule has 2 fully saturated rings. The van der Waals surface area contributed by atoms with Gasteiger partial charge in [0.25, 0.3) is 5.91 Å². The van der Waals surface area contributed by atoms with Gasteiger partial charge in [0, 0.05) is 37.3 Å². The first-order valence-electron chi connectivity index (χ1n) is 9.71. The Hall–Kier alpha value is -1.90. The Morgan fingerprint density at radius 3 is 2.35 bits per heavy atom. The first-order chi connectivity index (χ1) is 12.5. The second-order valence-electron chi connectivity index (χ2n) is 8.18. The van der Waals surface area contributed by atoms with E-state index in [1.807, 2.05) is 4.90 Å². The minimum Gasteiger partial charge on any atom is -0.335 e. The molecule has 0 aromatic heterocycles. The molecule has 26 heavy (non-hydrogen) atoms. The fraction of sp³-hybridized carbons (Fsp3) is 0.619. The third-order valence-corrected chi connectivity index (χ3v) is 5.61. The molecule has 1 amide bonds. The van der Waals surface area contributed by atoms with Gasteiger partial charge in [-0.1, -0.05) is 13.8 Å². The molecule has 1 aromatic rings. The van der Waals surface area contributed by atoms with Gasteiger partial charge in [0.2, 0.25) is 0 Å². The lowest BCUT2D eigenvalue weighted by Gasteiger charge is -2.50. The van der Waals surface area contributed by atoms with Gasteiger partial charge < -0.3 is 9.80 Å². The summed E-state index contributed by atoms with van der Waals surface area (Å²) in [6, 6.07) is 10.2. The quantitative estimate of drug-likeness (QED) is 0.815. The van der Waals surface area contributed by atoms with Crippen LogP contribution in [-0.4, -0.2) is 72.5 Å². The van der Waals surface area contributed by atoms with Crippen LogP contribution in [0.25, 0.3) is 0 Å². The summed E-state index contributed by atoms with van der Waals surface area (Å²) in [6.45, 7) is 9.63. The van der Waals surface area contributed by atoms with Crippen molar-refractivity contribution >= 4 is 5.91 Å². The molecule has 2 aliphatic heterocycles. The van der Waals surface area contributed by atoms with Gasteiger partial charge >= 0.3 is 0 Å². The largest absolute Gasteiger partial charge is 0.335 e. The van der Waals surface area contributed by atoms with E-state index in [4.69, 9.17) is 5.26 Å². The highest BCUT2D eigenvalue weighted by Crippen LogP contribution is 2.25. The number of piperidine rings is 1. The van der Waals surface area contributed by atoms with Gasteiger partial charge in [-0.05, 0) is 63.2 Å². The maximum Gasteiger partial charge on any atom is 0.253 e. The molecule has 0 bridgehead atoms. The SMILES string of the molecule is CC(C)CN(C1CCN(C)CC1)C1CN(C(=O)c2ccc(C#N)cc2)C1. The number of likely N-dealkylation sites (tertiary alicyclic amines) is 2. The second-order valence-corrected chi connectivity index (χ2v) is 8.18. The Bertz CT molecular complexity index is 650. The van der Waals surface area contributed by atoms with E-state index in [1.165, 1.54) is 25.9 Å². The fourth-order valence-corrected chi connectivity index (χ4v) is 4.05. The van der Waals surface area contributed by atoms with E-state index in [-0.39, 0.29) is 5.91 Å². The van der Waals surface area contributed by atoms with Crippen molar-refractivity contribution in [3.05, 3.63) is 35.4 Å². The van der Waals surface area contributed by atoms with Crippen molar-refractivity contribution in [2.75, 3.05) is 39.8 Å². The summed E-state index contributed by atoms with van der Waals surface area (Å²) in [5.74, 6) is 0.719. The molecule has 0 radical (unpaired) electrons. The fourth-order valence-electron chi connectivity index (χ4n) is 4.05. The molecule has 5 heteroatoms. The summed E-state index contributed by atoms with van der Waals surface area (Å²) >= 11 is 0. The van der Waals surface area contributed by atoms with Crippen LogP contribution in [0.5, 0.6) is 0 Å². The molecule has 0 spiro atoms. The van der Waals surface area contributed by atoms with Crippen LogP contribution in [-0.2, 0) is 0 Å². The molecular formula is C21H30N4O. The predicted molar refractivity (Wildman–Crippen MR) is 103 cm³/mol. The van der Waals surface area contributed by atoms with Crippen LogP contribution in [0.4, 0.5) is 0 Å². The highest BCUT2D eigenvalue weighted by molar-refractivity contribution is 5.94. The number of hydrogen-bond donors (Lipinski definition) is 0. The first kappa shape index (κ1) is 18.9. The molecular weight excluding hydrogens is 324 g/mol. The van der Waals surface area contributed by atoms with E-state index in [2.05, 4.69) is 36.8 Å². The number of carbonyl (C=O) groups is 1. The highest BCUT2D eigenvalue weighted by Gasteiger charge is 2.38. The lowest BCUT2D eigenvalue weighted by molar-refractivity contribution is -0.00800. The third kappa shape index (κ3) is 4.25. The molecule has 0 N–H and O–H groups in total. The maximum absolute atomic E-state index is 12.7. The van der Waals surface area contributed by atoms with Crippen LogP contribution >= 0.6 is 0 Å². The first-order valence-corrected chi connectivity index (χ1v) is 9.71. The van der Waals surface area contributed by atoms with Crippen molar-refractivity contribution in [2.45, 2.75) is 38.8 Å². The molecule has 2 aliphatic rings. The summed E-state index contributed by atoms with van der Waals surface area (Å²) in [5.41, 5.74) is 1.27. The van der Waals surface area contributed by atoms with E-state index in [0.29, 0.717) is 29.1 Å². The van der Waals surface area contributed by atoms with E-state index in [1.54, 1.807) is 24.3 Å². The van der Waals surface area contributed by atoms with E-state index in [9.17, 15) is 4.79 Å². The van der Waals surface area contributed by atoms with Crippen molar-refractivity contribution in [2.24, 2.45) is 5.92 Å². The van der Waals surface area contributed by atoms with Gasteiger partial charge in [0.15, 0.2) is 0 Å². The molecule has 0 atom stereocenters. The highest BCUT2D eigenvalue weighted by atomic mass is 16.2. The Balaban J connectivity index is 1.59. The molecule has 140 valence electrons. The number of hydrogen-bond acceptors (Lipinski definition) is 4. The zero-order valence-electron chi connectivity index (χ0n) is 16.2. The summed E-state index contributed by atoms with van der Waals surface area (Å²) in [6.07, 6.45) is 2.45. The lowest BCUT2D eigenvalue weighted by Crippen LogP contribution is -2.64. The van der Waals surface area contributed by atoms with Gasteiger partial charge in [-0.3, -0.25) is 9.69 Å². The normalized spacial score (nSPS) is 19.6. The Morgan fingerprint density at radius 1 is 1.19 bits per heavy atom. The minimum absolute atomic E-state index is 0.0821. The summed E-state index contributed by atoms with van der Waals surface area (Å²) in [7, 11) is 2.20.